The van der Waals surface area contributed by atoms with Crippen molar-refractivity contribution in [2.75, 3.05) is 59.7 Å². The highest BCUT2D eigenvalue weighted by molar-refractivity contribution is 5.95. The lowest BCUT2D eigenvalue weighted by molar-refractivity contribution is 0.0341. The average molecular weight is 394 g/mol. The zero-order chi connectivity index (χ0) is 16.3. The Hall–Kier alpha value is -0.890. The minimum atomic E-state index is -0.0117. The topological polar surface area (TPSA) is 62.8 Å². The number of benzene rings is 1. The number of morpholine rings is 1. The van der Waals surface area contributed by atoms with E-state index in [-0.39, 0.29) is 30.7 Å². The van der Waals surface area contributed by atoms with Gasteiger partial charge in [-0.15, -0.1) is 24.8 Å². The van der Waals surface area contributed by atoms with Gasteiger partial charge in [0.1, 0.15) is 0 Å². The molecule has 25 heavy (non-hydrogen) atoms. The predicted octanol–water partition coefficient (Wildman–Crippen LogP) is 1.33. The van der Waals surface area contributed by atoms with E-state index in [9.17, 15) is 4.79 Å². The molecule has 8 heteroatoms. The standard InChI is InChI=1S/C17H27N3O3.2ClH/c1-22-11-8-18-6-7-19-17(21)16-5-3-2-4-15(16)14-20-9-12-23-13-10-20;;/h2-5,18H,6-14H2,1H3,(H,19,21);2*1H. The maximum Gasteiger partial charge on any atom is 0.251 e. The number of nitrogens with zero attached hydrogens (tertiary/aromatic N) is 1. The third-order valence-corrected chi connectivity index (χ3v) is 3.83. The number of methoxy groups -OCH3 is 1. The summed E-state index contributed by atoms with van der Waals surface area (Å²) in [6.07, 6.45) is 0. The van der Waals surface area contributed by atoms with Crippen LogP contribution in [0.3, 0.4) is 0 Å². The fourth-order valence-electron chi connectivity index (χ4n) is 2.54. The lowest BCUT2D eigenvalue weighted by Crippen LogP contribution is -2.37. The van der Waals surface area contributed by atoms with Gasteiger partial charge >= 0.3 is 0 Å². The first-order valence-electron chi connectivity index (χ1n) is 8.17. The maximum absolute atomic E-state index is 12.4. The van der Waals surface area contributed by atoms with Crippen LogP contribution >= 0.6 is 24.8 Å². The summed E-state index contributed by atoms with van der Waals surface area (Å²) in [6, 6.07) is 7.82. The normalized spacial score (nSPS) is 14.3. The van der Waals surface area contributed by atoms with Crippen LogP contribution in [-0.4, -0.2) is 70.5 Å². The Morgan fingerprint density at radius 3 is 2.60 bits per heavy atom. The van der Waals surface area contributed by atoms with Crippen molar-refractivity contribution in [1.82, 2.24) is 15.5 Å². The van der Waals surface area contributed by atoms with Crippen molar-refractivity contribution in [1.29, 1.82) is 0 Å². The molecule has 144 valence electrons. The van der Waals surface area contributed by atoms with Crippen molar-refractivity contribution in [2.24, 2.45) is 0 Å². The number of hydrogen-bond acceptors (Lipinski definition) is 5. The molecule has 0 aliphatic carbocycles. The lowest BCUT2D eigenvalue weighted by Gasteiger charge is -2.27. The highest BCUT2D eigenvalue weighted by atomic mass is 35.5. The summed E-state index contributed by atoms with van der Waals surface area (Å²) in [5.74, 6) is -0.0117. The summed E-state index contributed by atoms with van der Waals surface area (Å²) >= 11 is 0. The van der Waals surface area contributed by atoms with Crippen LogP contribution in [0, 0.1) is 0 Å². The third-order valence-electron chi connectivity index (χ3n) is 3.83. The van der Waals surface area contributed by atoms with E-state index >= 15 is 0 Å². The van der Waals surface area contributed by atoms with Gasteiger partial charge in [0, 0.05) is 51.9 Å². The summed E-state index contributed by atoms with van der Waals surface area (Å²) in [6.45, 7) is 6.96. The first-order chi connectivity index (χ1) is 11.3. The van der Waals surface area contributed by atoms with Crippen LogP contribution in [0.4, 0.5) is 0 Å². The Labute approximate surface area is 162 Å². The molecule has 1 fully saturated rings. The second-order valence-electron chi connectivity index (χ2n) is 5.54. The zero-order valence-electron chi connectivity index (χ0n) is 14.7. The van der Waals surface area contributed by atoms with Gasteiger partial charge in [0.15, 0.2) is 0 Å². The van der Waals surface area contributed by atoms with Gasteiger partial charge in [0.25, 0.3) is 5.91 Å². The molecule has 1 aliphatic heterocycles. The Kier molecular flexibility index (Phi) is 13.8. The zero-order valence-corrected chi connectivity index (χ0v) is 16.3. The number of amides is 1. The minimum Gasteiger partial charge on any atom is -0.383 e. The van der Waals surface area contributed by atoms with Crippen molar-refractivity contribution in [3.05, 3.63) is 35.4 Å². The monoisotopic (exact) mass is 393 g/mol. The van der Waals surface area contributed by atoms with E-state index in [2.05, 4.69) is 15.5 Å². The van der Waals surface area contributed by atoms with Gasteiger partial charge in [0.2, 0.25) is 0 Å². The largest absolute Gasteiger partial charge is 0.383 e. The molecule has 1 aliphatic rings. The molecule has 1 aromatic carbocycles. The molecule has 1 saturated heterocycles. The summed E-state index contributed by atoms with van der Waals surface area (Å²) < 4.78 is 10.3. The minimum absolute atomic E-state index is 0. The molecule has 1 amide bonds. The molecule has 0 unspecified atom stereocenters. The van der Waals surface area contributed by atoms with Gasteiger partial charge in [-0.2, -0.15) is 0 Å². The summed E-state index contributed by atoms with van der Waals surface area (Å²) in [5, 5.41) is 6.18. The van der Waals surface area contributed by atoms with Crippen LogP contribution in [0.25, 0.3) is 0 Å². The summed E-state index contributed by atoms with van der Waals surface area (Å²) in [7, 11) is 1.68. The molecule has 2 N–H and O–H groups in total. The van der Waals surface area contributed by atoms with Crippen LogP contribution in [0.1, 0.15) is 15.9 Å². The number of rotatable bonds is 9. The van der Waals surface area contributed by atoms with Crippen LogP contribution in [0.2, 0.25) is 0 Å². The molecule has 0 atom stereocenters. The van der Waals surface area contributed by atoms with Crippen molar-refractivity contribution in [2.45, 2.75) is 6.54 Å². The van der Waals surface area contributed by atoms with Gasteiger partial charge in [-0.05, 0) is 11.6 Å². The second kappa shape index (κ2) is 14.3. The number of carbonyl (C=O) groups is 1. The first-order valence-corrected chi connectivity index (χ1v) is 8.17. The van der Waals surface area contributed by atoms with Crippen molar-refractivity contribution in [3.8, 4) is 0 Å². The van der Waals surface area contributed by atoms with Gasteiger partial charge in [-0.3, -0.25) is 9.69 Å². The third kappa shape index (κ3) is 8.85. The Morgan fingerprint density at radius 2 is 1.88 bits per heavy atom. The number of ether oxygens (including phenoxy) is 2. The predicted molar refractivity (Wildman–Crippen MR) is 104 cm³/mol. The number of hydrogen-bond donors (Lipinski definition) is 2. The summed E-state index contributed by atoms with van der Waals surface area (Å²) in [5.41, 5.74) is 1.83. The van der Waals surface area contributed by atoms with Crippen LogP contribution < -0.4 is 10.6 Å². The quantitative estimate of drug-likeness (QED) is 0.619. The van der Waals surface area contributed by atoms with Gasteiger partial charge in [0.05, 0.1) is 19.8 Å². The lowest BCUT2D eigenvalue weighted by atomic mass is 10.1. The van der Waals surface area contributed by atoms with E-state index in [1.54, 1.807) is 7.11 Å². The Balaban J connectivity index is 0.00000288. The van der Waals surface area contributed by atoms with Crippen LogP contribution in [0.15, 0.2) is 24.3 Å². The fraction of sp³-hybridized carbons (Fsp3) is 0.588. The molecular weight excluding hydrogens is 365 g/mol. The number of nitrogens with one attached hydrogen (secondary N) is 2. The van der Waals surface area contributed by atoms with Crippen LogP contribution in [0.5, 0.6) is 0 Å². The van der Waals surface area contributed by atoms with E-state index < -0.39 is 0 Å². The molecule has 0 bridgehead atoms. The summed E-state index contributed by atoms with van der Waals surface area (Å²) in [4.78, 5) is 14.7. The van der Waals surface area contributed by atoms with E-state index in [4.69, 9.17) is 9.47 Å². The van der Waals surface area contributed by atoms with E-state index in [0.717, 1.165) is 57.1 Å². The molecule has 1 heterocycles. The fourth-order valence-corrected chi connectivity index (χ4v) is 2.54. The maximum atomic E-state index is 12.4. The van der Waals surface area contributed by atoms with Gasteiger partial charge in [-0.1, -0.05) is 18.2 Å². The molecule has 0 aromatic heterocycles. The number of carbonyl (C=O) groups excluding carboxylic acids is 1. The van der Waals surface area contributed by atoms with E-state index in [0.29, 0.717) is 13.2 Å². The highest BCUT2D eigenvalue weighted by Gasteiger charge is 2.15. The Morgan fingerprint density at radius 1 is 1.16 bits per heavy atom. The molecule has 0 spiro atoms. The smallest absolute Gasteiger partial charge is 0.251 e. The SMILES string of the molecule is COCCNCCNC(=O)c1ccccc1CN1CCOCC1.Cl.Cl. The highest BCUT2D eigenvalue weighted by Crippen LogP contribution is 2.13. The van der Waals surface area contributed by atoms with Gasteiger partial charge < -0.3 is 20.1 Å². The second-order valence-corrected chi connectivity index (χ2v) is 5.54. The van der Waals surface area contributed by atoms with E-state index in [1.807, 2.05) is 24.3 Å². The molecule has 0 saturated carbocycles. The van der Waals surface area contributed by atoms with Crippen molar-refractivity contribution >= 4 is 30.7 Å². The van der Waals surface area contributed by atoms with Crippen LogP contribution in [-0.2, 0) is 16.0 Å². The van der Waals surface area contributed by atoms with E-state index in [1.165, 1.54) is 0 Å². The Bertz CT molecular complexity index is 486. The number of halogens is 2. The molecule has 2 rings (SSSR count). The van der Waals surface area contributed by atoms with Crippen molar-refractivity contribution < 1.29 is 14.3 Å². The molecule has 0 radical (unpaired) electrons. The van der Waals surface area contributed by atoms with Crippen molar-refractivity contribution in [3.63, 3.8) is 0 Å². The van der Waals surface area contributed by atoms with Gasteiger partial charge in [-0.25, -0.2) is 0 Å². The molecule has 1 aromatic rings. The molecular formula is C17H29Cl2N3O3. The first kappa shape index (κ1) is 24.1. The molecule has 6 nitrogen and oxygen atoms in total. The average Bonchev–Trinajstić information content (AvgIpc) is 2.59.